The predicted molar refractivity (Wildman–Crippen MR) is 175 cm³/mol. The van der Waals surface area contributed by atoms with Gasteiger partial charge in [0, 0.05) is 32.7 Å². The maximum absolute atomic E-state index is 14.9. The number of fused-ring (bicyclic) bond motifs is 2. The molecule has 2 N–H and O–H groups in total. The van der Waals surface area contributed by atoms with E-state index in [0.717, 1.165) is 29.2 Å². The van der Waals surface area contributed by atoms with E-state index in [0.29, 0.717) is 24.3 Å². The van der Waals surface area contributed by atoms with E-state index in [9.17, 15) is 27.2 Å². The molecule has 16 heteroatoms. The van der Waals surface area contributed by atoms with Crippen LogP contribution in [0.1, 0.15) is 45.9 Å². The van der Waals surface area contributed by atoms with Gasteiger partial charge in [0.25, 0.3) is 11.5 Å². The first-order valence-corrected chi connectivity index (χ1v) is 15.8. The summed E-state index contributed by atoms with van der Waals surface area (Å²) in [5, 5.41) is 0.248. The normalized spacial score (nSPS) is 14.4. The van der Waals surface area contributed by atoms with Gasteiger partial charge in [-0.15, -0.1) is 0 Å². The first-order valence-electron chi connectivity index (χ1n) is 15.8. The van der Waals surface area contributed by atoms with Gasteiger partial charge < -0.3 is 29.4 Å². The minimum atomic E-state index is -4.90. The molecule has 3 aromatic carbocycles. The number of halogens is 4. The summed E-state index contributed by atoms with van der Waals surface area (Å²) in [5.74, 6) is -2.80. The lowest BCUT2D eigenvalue weighted by Gasteiger charge is -2.28. The number of alkyl halides is 3. The largest absolute Gasteiger partial charge is 0.487 e. The number of carbonyl (C=O) groups excluding carboxylic acids is 1. The Morgan fingerprint density at radius 3 is 2.31 bits per heavy atom. The van der Waals surface area contributed by atoms with Crippen LogP contribution in [0, 0.1) is 5.82 Å². The third-order valence-corrected chi connectivity index (χ3v) is 8.37. The number of ether oxygens (including phenoxy) is 5. The predicted octanol–water partition coefficient (Wildman–Crippen LogP) is 5.61. The lowest BCUT2D eigenvalue weighted by Crippen LogP contribution is -2.26. The molecule has 268 valence electrons. The molecule has 0 aliphatic carbocycles. The number of para-hydroxylation sites is 1. The number of carbonyl (C=O) groups is 1. The maximum Gasteiger partial charge on any atom is 0.419 e. The highest BCUT2D eigenvalue weighted by molar-refractivity contribution is 5.94. The monoisotopic (exact) mass is 711 g/mol. The minimum absolute atomic E-state index is 0.107. The molecule has 0 saturated carbocycles. The maximum atomic E-state index is 14.9. The van der Waals surface area contributed by atoms with Crippen LogP contribution in [0.15, 0.2) is 65.7 Å². The van der Waals surface area contributed by atoms with E-state index < -0.39 is 46.3 Å². The molecule has 6 rings (SSSR count). The SMILES string of the molecule is COCCOc1cc2ncnc(Oc3ccc(C4CCCn5c4c(C(N)=O)c(=O)n5-c4ccccc4F)cc3C(F)(F)F)c2cc1OCCOC. The van der Waals surface area contributed by atoms with Gasteiger partial charge in [0.2, 0.25) is 5.88 Å². The molecule has 5 aromatic rings. The topological polar surface area (TPSA) is 142 Å². The number of amides is 1. The van der Waals surface area contributed by atoms with Crippen LogP contribution in [0.4, 0.5) is 17.6 Å². The minimum Gasteiger partial charge on any atom is -0.487 e. The number of primary amides is 1. The van der Waals surface area contributed by atoms with Crippen molar-refractivity contribution >= 4 is 16.8 Å². The van der Waals surface area contributed by atoms with Crippen molar-refractivity contribution in [2.75, 3.05) is 40.6 Å². The van der Waals surface area contributed by atoms with Gasteiger partial charge >= 0.3 is 6.18 Å². The van der Waals surface area contributed by atoms with Crippen molar-refractivity contribution in [3.63, 3.8) is 0 Å². The van der Waals surface area contributed by atoms with E-state index in [2.05, 4.69) is 9.97 Å². The van der Waals surface area contributed by atoms with Crippen molar-refractivity contribution in [1.29, 1.82) is 0 Å². The summed E-state index contributed by atoms with van der Waals surface area (Å²) >= 11 is 0. The molecule has 2 aromatic heterocycles. The summed E-state index contributed by atoms with van der Waals surface area (Å²) in [5.41, 5.74) is 3.69. The van der Waals surface area contributed by atoms with Crippen molar-refractivity contribution < 1.29 is 46.0 Å². The fourth-order valence-corrected chi connectivity index (χ4v) is 6.13. The third-order valence-electron chi connectivity index (χ3n) is 8.37. The molecule has 1 aliphatic heterocycles. The van der Waals surface area contributed by atoms with E-state index in [1.54, 1.807) is 6.07 Å². The molecule has 3 heterocycles. The van der Waals surface area contributed by atoms with Crippen LogP contribution in [-0.2, 0) is 22.2 Å². The van der Waals surface area contributed by atoms with E-state index in [4.69, 9.17) is 29.4 Å². The van der Waals surface area contributed by atoms with Gasteiger partial charge in [-0.25, -0.2) is 19.0 Å². The zero-order valence-electron chi connectivity index (χ0n) is 27.5. The van der Waals surface area contributed by atoms with Crippen LogP contribution in [0.5, 0.6) is 23.1 Å². The molecule has 0 radical (unpaired) electrons. The van der Waals surface area contributed by atoms with Crippen molar-refractivity contribution in [3.8, 4) is 28.8 Å². The first kappa shape index (κ1) is 35.3. The number of nitrogens with two attached hydrogens (primary N) is 1. The standard InChI is InChI=1S/C35H33F4N5O7/c1-47-12-14-49-28-17-22-25(18-29(28)50-15-13-48-2)41-19-42-33(22)51-27-10-9-20(16-23(27)35(37,38)39)21-6-5-11-43-31(21)30(32(40)45)34(46)44(43)26-8-4-3-7-24(26)36/h3-4,7-10,16-19,21H,5-6,11-15H2,1-2H3,(H2,40,45). The Bertz CT molecular complexity index is 2130. The fraction of sp³-hybridized carbons (Fsp3) is 0.314. The molecule has 0 saturated heterocycles. The van der Waals surface area contributed by atoms with Crippen molar-refractivity contribution in [2.45, 2.75) is 31.5 Å². The highest BCUT2D eigenvalue weighted by atomic mass is 19.4. The number of aromatic nitrogens is 4. The highest BCUT2D eigenvalue weighted by Crippen LogP contribution is 2.44. The van der Waals surface area contributed by atoms with Gasteiger partial charge in [0.1, 0.15) is 42.4 Å². The van der Waals surface area contributed by atoms with E-state index in [1.807, 2.05) is 0 Å². The Hall–Kier alpha value is -5.48. The lowest BCUT2D eigenvalue weighted by molar-refractivity contribution is -0.138. The molecule has 1 aliphatic rings. The van der Waals surface area contributed by atoms with Crippen molar-refractivity contribution in [2.24, 2.45) is 5.73 Å². The van der Waals surface area contributed by atoms with Crippen LogP contribution in [0.2, 0.25) is 0 Å². The van der Waals surface area contributed by atoms with Gasteiger partial charge in [0.05, 0.1) is 35.4 Å². The number of rotatable bonds is 13. The lowest BCUT2D eigenvalue weighted by atomic mass is 9.86. The number of methoxy groups -OCH3 is 2. The van der Waals surface area contributed by atoms with Gasteiger partial charge in [-0.05, 0) is 48.7 Å². The summed E-state index contributed by atoms with van der Waals surface area (Å²) in [6, 6.07) is 12.0. The molecule has 0 fully saturated rings. The molecule has 1 atom stereocenters. The van der Waals surface area contributed by atoms with Crippen LogP contribution in [0.3, 0.4) is 0 Å². The number of hydrogen-bond acceptors (Lipinski definition) is 9. The van der Waals surface area contributed by atoms with Gasteiger partial charge in [-0.2, -0.15) is 13.2 Å². The molecule has 0 spiro atoms. The van der Waals surface area contributed by atoms with Gasteiger partial charge in [0.15, 0.2) is 11.5 Å². The highest BCUT2D eigenvalue weighted by Gasteiger charge is 2.38. The van der Waals surface area contributed by atoms with Gasteiger partial charge in [-0.3, -0.25) is 14.3 Å². The number of hydrogen-bond donors (Lipinski definition) is 1. The quantitative estimate of drug-likeness (QED) is 0.122. The summed E-state index contributed by atoms with van der Waals surface area (Å²) in [4.78, 5) is 34.5. The third kappa shape index (κ3) is 7.09. The zero-order valence-corrected chi connectivity index (χ0v) is 27.5. The van der Waals surface area contributed by atoms with E-state index in [-0.39, 0.29) is 66.7 Å². The van der Waals surface area contributed by atoms with Crippen LogP contribution >= 0.6 is 0 Å². The average molecular weight is 712 g/mol. The fourth-order valence-electron chi connectivity index (χ4n) is 6.13. The Balaban J connectivity index is 1.42. The Labute approximate surface area is 288 Å². The molecule has 1 unspecified atom stereocenters. The molecule has 51 heavy (non-hydrogen) atoms. The molecule has 1 amide bonds. The molecule has 0 bridgehead atoms. The van der Waals surface area contributed by atoms with E-state index >= 15 is 0 Å². The van der Waals surface area contributed by atoms with Crippen molar-refractivity contribution in [1.82, 2.24) is 19.3 Å². The van der Waals surface area contributed by atoms with Crippen LogP contribution < -0.4 is 25.5 Å². The Morgan fingerprint density at radius 2 is 1.65 bits per heavy atom. The van der Waals surface area contributed by atoms with Crippen molar-refractivity contribution in [3.05, 3.63) is 99.5 Å². The average Bonchev–Trinajstić information content (AvgIpc) is 3.40. The summed E-state index contributed by atoms with van der Waals surface area (Å²) in [7, 11) is 3.03. The Morgan fingerprint density at radius 1 is 0.941 bits per heavy atom. The van der Waals surface area contributed by atoms with E-state index in [1.165, 1.54) is 49.2 Å². The smallest absolute Gasteiger partial charge is 0.419 e. The summed E-state index contributed by atoms with van der Waals surface area (Å²) in [6.07, 6.45) is -3.05. The molecular weight excluding hydrogens is 678 g/mol. The summed E-state index contributed by atoms with van der Waals surface area (Å²) < 4.78 is 89.1. The van der Waals surface area contributed by atoms with Crippen LogP contribution in [0.25, 0.3) is 16.6 Å². The van der Waals surface area contributed by atoms with Crippen LogP contribution in [-0.4, -0.2) is 65.9 Å². The second kappa shape index (κ2) is 14.8. The number of benzene rings is 3. The zero-order chi connectivity index (χ0) is 36.3. The molecular formula is C35H33F4N5O7. The summed E-state index contributed by atoms with van der Waals surface area (Å²) in [6.45, 7) is 1.11. The number of nitrogens with zero attached hydrogens (tertiary/aromatic N) is 4. The Kier molecular flexibility index (Phi) is 10.2. The molecule has 12 nitrogen and oxygen atoms in total. The van der Waals surface area contributed by atoms with Gasteiger partial charge in [-0.1, -0.05) is 18.2 Å². The second-order valence-corrected chi connectivity index (χ2v) is 11.5. The second-order valence-electron chi connectivity index (χ2n) is 11.5. The first-order chi connectivity index (χ1) is 24.5.